The van der Waals surface area contributed by atoms with Gasteiger partial charge in [0.25, 0.3) is 0 Å². The van der Waals surface area contributed by atoms with E-state index in [0.717, 1.165) is 5.56 Å². The molecule has 0 unspecified atom stereocenters. The van der Waals surface area contributed by atoms with Gasteiger partial charge < -0.3 is 5.32 Å². The van der Waals surface area contributed by atoms with Crippen molar-refractivity contribution >= 4 is 15.7 Å². The van der Waals surface area contributed by atoms with E-state index < -0.39 is 10.0 Å². The molecule has 0 aromatic heterocycles. The van der Waals surface area contributed by atoms with Crippen molar-refractivity contribution < 1.29 is 8.42 Å². The molecular weight excluding hydrogens is 238 g/mol. The molecule has 1 rings (SSSR count). The monoisotopic (exact) mass is 253 g/mol. The Morgan fingerprint density at radius 2 is 2.18 bits per heavy atom. The predicted octanol–water partition coefficient (Wildman–Crippen LogP) is 0.957. The van der Waals surface area contributed by atoms with Crippen LogP contribution in [0.15, 0.2) is 18.2 Å². The molecule has 0 aliphatic heterocycles. The highest BCUT2D eigenvalue weighted by molar-refractivity contribution is 7.89. The number of rotatable bonds is 5. The molecule has 1 aromatic rings. The molecule has 0 bridgehead atoms. The smallest absolute Gasteiger partial charge is 0.209 e. The van der Waals surface area contributed by atoms with E-state index in [0.29, 0.717) is 24.2 Å². The van der Waals surface area contributed by atoms with E-state index in [9.17, 15) is 8.42 Å². The summed E-state index contributed by atoms with van der Waals surface area (Å²) in [5.74, 6) is -0.0618. The lowest BCUT2D eigenvalue weighted by Crippen LogP contribution is -2.18. The minimum absolute atomic E-state index is 0.0618. The van der Waals surface area contributed by atoms with Gasteiger partial charge in [-0.15, -0.1) is 0 Å². The second kappa shape index (κ2) is 5.66. The van der Waals surface area contributed by atoms with Crippen molar-refractivity contribution in [1.82, 2.24) is 0 Å². The fourth-order valence-corrected chi connectivity index (χ4v) is 1.95. The molecule has 0 aliphatic rings. The zero-order valence-electron chi connectivity index (χ0n) is 9.60. The number of aryl methyl sites for hydroxylation is 1. The summed E-state index contributed by atoms with van der Waals surface area (Å²) < 4.78 is 21.4. The third kappa shape index (κ3) is 4.85. The van der Waals surface area contributed by atoms with Crippen LogP contribution in [-0.2, 0) is 10.0 Å². The second-order valence-corrected chi connectivity index (χ2v) is 5.54. The van der Waals surface area contributed by atoms with E-state index >= 15 is 0 Å². The number of nitriles is 1. The topological polar surface area (TPSA) is 96.0 Å². The van der Waals surface area contributed by atoms with Crippen molar-refractivity contribution in [2.45, 2.75) is 13.3 Å². The van der Waals surface area contributed by atoms with Crippen LogP contribution >= 0.6 is 0 Å². The Hall–Kier alpha value is -1.58. The summed E-state index contributed by atoms with van der Waals surface area (Å²) in [6, 6.07) is 7.57. The van der Waals surface area contributed by atoms with E-state index in [4.69, 9.17) is 10.4 Å². The van der Waals surface area contributed by atoms with Gasteiger partial charge >= 0.3 is 0 Å². The average molecular weight is 253 g/mol. The molecule has 0 aliphatic carbocycles. The van der Waals surface area contributed by atoms with Crippen LogP contribution in [0.3, 0.4) is 0 Å². The van der Waals surface area contributed by atoms with Gasteiger partial charge in [-0.2, -0.15) is 5.26 Å². The molecule has 0 radical (unpaired) electrons. The summed E-state index contributed by atoms with van der Waals surface area (Å²) >= 11 is 0. The van der Waals surface area contributed by atoms with Gasteiger partial charge in [0.2, 0.25) is 10.0 Å². The first-order valence-corrected chi connectivity index (χ1v) is 6.89. The van der Waals surface area contributed by atoms with Crippen LogP contribution in [-0.4, -0.2) is 20.7 Å². The van der Waals surface area contributed by atoms with Gasteiger partial charge in [0.05, 0.1) is 17.0 Å². The van der Waals surface area contributed by atoms with Crippen molar-refractivity contribution in [1.29, 1.82) is 5.26 Å². The number of nitrogens with zero attached hydrogens (tertiary/aromatic N) is 1. The van der Waals surface area contributed by atoms with Crippen LogP contribution in [0, 0.1) is 18.3 Å². The van der Waals surface area contributed by atoms with Crippen LogP contribution < -0.4 is 10.5 Å². The fraction of sp³-hybridized carbons (Fsp3) is 0.364. The number of hydrogen-bond donors (Lipinski definition) is 2. The van der Waals surface area contributed by atoms with Crippen LogP contribution in [0.25, 0.3) is 0 Å². The largest absolute Gasteiger partial charge is 0.384 e. The number of hydrogen-bond acceptors (Lipinski definition) is 4. The first kappa shape index (κ1) is 13.5. The third-order valence-corrected chi connectivity index (χ3v) is 3.07. The fourth-order valence-electron chi connectivity index (χ4n) is 1.40. The zero-order chi connectivity index (χ0) is 12.9. The van der Waals surface area contributed by atoms with Crippen molar-refractivity contribution in [3.63, 3.8) is 0 Å². The Bertz CT molecular complexity index is 532. The molecule has 0 spiro atoms. The highest BCUT2D eigenvalue weighted by atomic mass is 32.2. The molecule has 3 N–H and O–H groups in total. The first-order chi connectivity index (χ1) is 7.92. The Kier molecular flexibility index (Phi) is 4.49. The minimum atomic E-state index is -3.41. The summed E-state index contributed by atoms with van der Waals surface area (Å²) in [6.45, 7) is 2.37. The predicted molar refractivity (Wildman–Crippen MR) is 67.0 cm³/mol. The van der Waals surface area contributed by atoms with Crippen LogP contribution in [0.2, 0.25) is 0 Å². The zero-order valence-corrected chi connectivity index (χ0v) is 10.4. The highest BCUT2D eigenvalue weighted by Gasteiger charge is 2.04. The van der Waals surface area contributed by atoms with Gasteiger partial charge in [-0.25, -0.2) is 13.6 Å². The molecule has 0 amide bonds. The maximum Gasteiger partial charge on any atom is 0.209 e. The van der Waals surface area contributed by atoms with Crippen molar-refractivity contribution in [3.05, 3.63) is 29.3 Å². The molecular formula is C11H15N3O2S. The molecule has 0 fully saturated rings. The first-order valence-electron chi connectivity index (χ1n) is 5.17. The van der Waals surface area contributed by atoms with Gasteiger partial charge in [0.1, 0.15) is 6.07 Å². The summed E-state index contributed by atoms with van der Waals surface area (Å²) in [5, 5.41) is 16.8. The molecule has 5 nitrogen and oxygen atoms in total. The van der Waals surface area contributed by atoms with Gasteiger partial charge in [-0.05, 0) is 31.0 Å². The third-order valence-electron chi connectivity index (χ3n) is 2.22. The Balaban J connectivity index is 2.56. The SMILES string of the molecule is Cc1ccc(NCCCS(N)(=O)=O)c(C#N)c1. The summed E-state index contributed by atoms with van der Waals surface area (Å²) in [7, 11) is -3.41. The summed E-state index contributed by atoms with van der Waals surface area (Å²) in [5.41, 5.74) is 2.28. The number of anilines is 1. The van der Waals surface area contributed by atoms with Gasteiger partial charge in [-0.1, -0.05) is 6.07 Å². The van der Waals surface area contributed by atoms with E-state index in [1.807, 2.05) is 19.1 Å². The minimum Gasteiger partial charge on any atom is -0.384 e. The van der Waals surface area contributed by atoms with Crippen molar-refractivity contribution in [2.75, 3.05) is 17.6 Å². The van der Waals surface area contributed by atoms with Crippen molar-refractivity contribution in [2.24, 2.45) is 5.14 Å². The number of sulfonamides is 1. The number of benzene rings is 1. The van der Waals surface area contributed by atoms with E-state index in [1.165, 1.54) is 0 Å². The highest BCUT2D eigenvalue weighted by Crippen LogP contribution is 2.16. The van der Waals surface area contributed by atoms with Crippen LogP contribution in [0.4, 0.5) is 5.69 Å². The maximum absolute atomic E-state index is 10.7. The lowest BCUT2D eigenvalue weighted by Gasteiger charge is -2.08. The normalized spacial score (nSPS) is 10.9. The Morgan fingerprint density at radius 1 is 1.47 bits per heavy atom. The maximum atomic E-state index is 10.7. The Labute approximate surface area is 101 Å². The standard InChI is InChI=1S/C11H15N3O2S/c1-9-3-4-11(10(7-9)8-12)14-5-2-6-17(13,15)16/h3-4,7,14H,2,5-6H2,1H3,(H2,13,15,16). The van der Waals surface area contributed by atoms with E-state index in [2.05, 4.69) is 11.4 Å². The summed E-state index contributed by atoms with van der Waals surface area (Å²) in [4.78, 5) is 0. The molecule has 0 saturated carbocycles. The number of nitrogens with two attached hydrogens (primary N) is 1. The molecule has 0 atom stereocenters. The molecule has 6 heteroatoms. The molecule has 17 heavy (non-hydrogen) atoms. The van der Waals surface area contributed by atoms with Gasteiger partial charge in [0.15, 0.2) is 0 Å². The quantitative estimate of drug-likeness (QED) is 0.764. The number of primary sulfonamides is 1. The molecule has 92 valence electrons. The molecule has 1 aromatic carbocycles. The summed E-state index contributed by atoms with van der Waals surface area (Å²) in [6.07, 6.45) is 0.414. The lowest BCUT2D eigenvalue weighted by atomic mass is 10.1. The van der Waals surface area contributed by atoms with Crippen molar-refractivity contribution in [3.8, 4) is 6.07 Å². The van der Waals surface area contributed by atoms with Gasteiger partial charge in [0, 0.05) is 6.54 Å². The molecule has 0 heterocycles. The average Bonchev–Trinajstić information content (AvgIpc) is 2.24. The van der Waals surface area contributed by atoms with Gasteiger partial charge in [-0.3, -0.25) is 0 Å². The lowest BCUT2D eigenvalue weighted by molar-refractivity contribution is 0.596. The number of nitrogens with one attached hydrogen (secondary N) is 1. The molecule has 0 saturated heterocycles. The van der Waals surface area contributed by atoms with E-state index in [1.54, 1.807) is 6.07 Å². The Morgan fingerprint density at radius 3 is 2.76 bits per heavy atom. The second-order valence-electron chi connectivity index (χ2n) is 3.81. The van der Waals surface area contributed by atoms with Crippen LogP contribution in [0.1, 0.15) is 17.5 Å². The van der Waals surface area contributed by atoms with E-state index in [-0.39, 0.29) is 5.75 Å². The van der Waals surface area contributed by atoms with Crippen LogP contribution in [0.5, 0.6) is 0 Å².